The quantitative estimate of drug-likeness (QED) is 0.758. The summed E-state index contributed by atoms with van der Waals surface area (Å²) in [6.45, 7) is 7.68. The molecule has 2 rings (SSSR count). The van der Waals surface area contributed by atoms with Crippen molar-refractivity contribution in [3.8, 4) is 11.8 Å². The molecule has 1 fully saturated rings. The first-order chi connectivity index (χ1) is 12.3. The van der Waals surface area contributed by atoms with Crippen molar-refractivity contribution in [3.05, 3.63) is 30.1 Å². The molecule has 1 N–H and O–H groups in total. The lowest BCUT2D eigenvalue weighted by Crippen LogP contribution is -3.13. The number of piperidine rings is 1. The molecular formula is C22H34N2O2. The van der Waals surface area contributed by atoms with E-state index in [1.807, 2.05) is 18.5 Å². The summed E-state index contributed by atoms with van der Waals surface area (Å²) in [6, 6.07) is 4.61. The zero-order valence-corrected chi connectivity index (χ0v) is 16.8. The van der Waals surface area contributed by atoms with E-state index in [0.29, 0.717) is 12.5 Å². The number of nitrogens with one attached hydrogen (secondary N) is 1. The zero-order valence-electron chi connectivity index (χ0n) is 16.8. The predicted octanol–water partition coefficient (Wildman–Crippen LogP) is 1.91. The average molecular weight is 359 g/mol. The normalized spacial score (nSPS) is 23.0. The smallest absolute Gasteiger partial charge is 0.139 e. The molecule has 4 heteroatoms. The van der Waals surface area contributed by atoms with Crippen molar-refractivity contribution >= 4 is 0 Å². The van der Waals surface area contributed by atoms with Crippen molar-refractivity contribution in [2.24, 2.45) is 0 Å². The zero-order chi connectivity index (χ0) is 19.0. The van der Waals surface area contributed by atoms with Crippen LogP contribution in [0.3, 0.4) is 0 Å². The minimum atomic E-state index is -1.18. The maximum atomic E-state index is 12.6. The molecule has 3 atom stereocenters. The van der Waals surface area contributed by atoms with Crippen LogP contribution in [0, 0.1) is 11.8 Å². The van der Waals surface area contributed by atoms with Gasteiger partial charge in [-0.3, -0.25) is 4.98 Å². The Morgan fingerprint density at radius 2 is 2.12 bits per heavy atom. The number of rotatable bonds is 7. The number of hydrogen-bond acceptors (Lipinski definition) is 3. The van der Waals surface area contributed by atoms with Crippen molar-refractivity contribution < 1.29 is 14.7 Å². The molecule has 2 heterocycles. The van der Waals surface area contributed by atoms with Crippen LogP contribution in [-0.4, -0.2) is 36.4 Å². The van der Waals surface area contributed by atoms with E-state index in [-0.39, 0.29) is 5.60 Å². The van der Waals surface area contributed by atoms with E-state index < -0.39 is 5.60 Å². The maximum absolute atomic E-state index is 12.6. The molecule has 1 saturated heterocycles. The number of likely N-dealkylation sites (tertiary alicyclic amines) is 1. The molecule has 0 saturated carbocycles. The fraction of sp³-hybridized carbons (Fsp3) is 0.682. The topological polar surface area (TPSA) is 49.6 Å². The summed E-state index contributed by atoms with van der Waals surface area (Å²) in [4.78, 5) is 5.73. The van der Waals surface area contributed by atoms with Gasteiger partial charge in [0.1, 0.15) is 12.6 Å². The van der Waals surface area contributed by atoms with E-state index in [1.54, 1.807) is 14.0 Å². The highest BCUT2D eigenvalue weighted by molar-refractivity contribution is 5.13. The standard InChI is InChI=1S/C22H33N2O2/c1-21(2,26-4)12-8-13-22(3,25)14-9-17-24-16-6-5-11-20(24)19-10-7-15-23-18-19/h7,10,15,18,20H,5-6,8,11-13,16-17H2,1-4H3/q-1/p+1. The molecule has 26 heavy (non-hydrogen) atoms. The third-order valence-corrected chi connectivity index (χ3v) is 5.47. The van der Waals surface area contributed by atoms with Crippen molar-refractivity contribution in [3.63, 3.8) is 0 Å². The molecule has 4 nitrogen and oxygen atoms in total. The molecule has 144 valence electrons. The van der Waals surface area contributed by atoms with Crippen molar-refractivity contribution in [1.82, 2.24) is 4.98 Å². The molecule has 1 aliphatic rings. The van der Waals surface area contributed by atoms with Gasteiger partial charge in [0.15, 0.2) is 0 Å². The van der Waals surface area contributed by atoms with Crippen LogP contribution in [0.25, 0.3) is 0 Å². The summed E-state index contributed by atoms with van der Waals surface area (Å²) in [6.07, 6.45) is 9.73. The van der Waals surface area contributed by atoms with E-state index in [1.165, 1.54) is 29.7 Å². The van der Waals surface area contributed by atoms with Crippen LogP contribution in [-0.2, 0) is 4.74 Å². The summed E-state index contributed by atoms with van der Waals surface area (Å²) in [5.41, 5.74) is -0.0583. The monoisotopic (exact) mass is 358 g/mol. The summed E-state index contributed by atoms with van der Waals surface area (Å²) in [7, 11) is 1.72. The first-order valence-electron chi connectivity index (χ1n) is 9.83. The van der Waals surface area contributed by atoms with Crippen LogP contribution in [0.15, 0.2) is 24.5 Å². The second-order valence-electron chi connectivity index (χ2n) is 8.27. The van der Waals surface area contributed by atoms with Crippen LogP contribution in [0.1, 0.15) is 70.9 Å². The lowest BCUT2D eigenvalue weighted by Gasteiger charge is -2.33. The summed E-state index contributed by atoms with van der Waals surface area (Å²) >= 11 is 0. The van der Waals surface area contributed by atoms with E-state index >= 15 is 0 Å². The Balaban J connectivity index is 1.89. The first-order valence-corrected chi connectivity index (χ1v) is 9.83. The molecule has 1 aromatic heterocycles. The molecule has 0 radical (unpaired) electrons. The average Bonchev–Trinajstić information content (AvgIpc) is 2.62. The Hall–Kier alpha value is -1.41. The molecule has 0 amide bonds. The Bertz CT molecular complexity index is 602. The summed E-state index contributed by atoms with van der Waals surface area (Å²) in [5.74, 6) is 6.21. The second-order valence-corrected chi connectivity index (χ2v) is 8.27. The van der Waals surface area contributed by atoms with Crippen LogP contribution in [0.2, 0.25) is 0 Å². The molecule has 0 spiro atoms. The van der Waals surface area contributed by atoms with Crippen LogP contribution in [0.5, 0.6) is 0 Å². The number of hydrogen-bond donors (Lipinski definition) is 1. The third-order valence-electron chi connectivity index (χ3n) is 5.47. The minimum absolute atomic E-state index is 0.168. The van der Waals surface area contributed by atoms with Gasteiger partial charge in [-0.05, 0) is 45.1 Å². The molecule has 1 aliphatic heterocycles. The SMILES string of the molecule is COC(C)(C)CCCC(C)([O-])C#CC[NH+]1CCCCC1c1cccnc1. The lowest BCUT2D eigenvalue weighted by molar-refractivity contribution is -0.930. The largest absolute Gasteiger partial charge is 0.840 e. The van der Waals surface area contributed by atoms with E-state index in [0.717, 1.165) is 25.9 Å². The Labute approximate surface area is 159 Å². The fourth-order valence-electron chi connectivity index (χ4n) is 3.64. The predicted molar refractivity (Wildman–Crippen MR) is 103 cm³/mol. The van der Waals surface area contributed by atoms with Gasteiger partial charge < -0.3 is 14.7 Å². The molecular weight excluding hydrogens is 324 g/mol. The van der Waals surface area contributed by atoms with Crippen LogP contribution < -0.4 is 10.0 Å². The summed E-state index contributed by atoms with van der Waals surface area (Å²) < 4.78 is 5.42. The molecule has 1 aromatic rings. The van der Waals surface area contributed by atoms with Crippen molar-refractivity contribution in [2.75, 3.05) is 20.2 Å². The summed E-state index contributed by atoms with van der Waals surface area (Å²) in [5, 5.41) is 12.6. The molecule has 3 unspecified atom stereocenters. The van der Waals surface area contributed by atoms with Crippen molar-refractivity contribution in [2.45, 2.75) is 76.5 Å². The highest BCUT2D eigenvalue weighted by Crippen LogP contribution is 2.20. The van der Waals surface area contributed by atoms with Gasteiger partial charge in [-0.15, -0.1) is 5.92 Å². The van der Waals surface area contributed by atoms with E-state index in [4.69, 9.17) is 4.74 Å². The van der Waals surface area contributed by atoms with Gasteiger partial charge in [-0.25, -0.2) is 0 Å². The van der Waals surface area contributed by atoms with E-state index in [2.05, 4.69) is 36.7 Å². The number of methoxy groups -OCH3 is 1. The minimum Gasteiger partial charge on any atom is -0.840 e. The Kier molecular flexibility index (Phi) is 7.64. The van der Waals surface area contributed by atoms with Gasteiger partial charge in [0.2, 0.25) is 0 Å². The van der Waals surface area contributed by atoms with Gasteiger partial charge in [-0.2, -0.15) is 0 Å². The fourth-order valence-corrected chi connectivity index (χ4v) is 3.64. The molecule has 0 bridgehead atoms. The number of nitrogens with zero attached hydrogens (tertiary/aromatic N) is 1. The lowest BCUT2D eigenvalue weighted by atomic mass is 9.94. The van der Waals surface area contributed by atoms with E-state index in [9.17, 15) is 5.11 Å². The number of pyridine rings is 1. The van der Waals surface area contributed by atoms with Gasteiger partial charge in [0, 0.05) is 31.5 Å². The van der Waals surface area contributed by atoms with Gasteiger partial charge in [0.05, 0.1) is 12.1 Å². The highest BCUT2D eigenvalue weighted by atomic mass is 16.5. The van der Waals surface area contributed by atoms with Gasteiger partial charge >= 0.3 is 0 Å². The highest BCUT2D eigenvalue weighted by Gasteiger charge is 2.27. The Morgan fingerprint density at radius 3 is 2.81 bits per heavy atom. The maximum Gasteiger partial charge on any atom is 0.139 e. The van der Waals surface area contributed by atoms with Gasteiger partial charge in [-0.1, -0.05) is 31.4 Å². The molecule has 0 aromatic carbocycles. The van der Waals surface area contributed by atoms with Crippen molar-refractivity contribution in [1.29, 1.82) is 0 Å². The Morgan fingerprint density at radius 1 is 1.31 bits per heavy atom. The van der Waals surface area contributed by atoms with Crippen LogP contribution >= 0.6 is 0 Å². The van der Waals surface area contributed by atoms with Gasteiger partial charge in [0.25, 0.3) is 0 Å². The molecule has 0 aliphatic carbocycles. The van der Waals surface area contributed by atoms with Crippen LogP contribution in [0.4, 0.5) is 0 Å². The number of aromatic nitrogens is 1. The first kappa shape index (κ1) is 20.9. The number of quaternary nitrogens is 1. The third kappa shape index (κ3) is 6.72. The number of ether oxygens (including phenoxy) is 1. The second kappa shape index (κ2) is 9.50.